The molecule has 2 aliphatic heterocycles. The average molecular weight is 256 g/mol. The van der Waals surface area contributed by atoms with Gasteiger partial charge < -0.3 is 14.4 Å². The van der Waals surface area contributed by atoms with Crippen molar-refractivity contribution in [3.8, 4) is 0 Å². The molecule has 0 spiro atoms. The SMILES string of the molecule is COCCN1CCCC[C@H]1C(=O)N1CCOCC1. The van der Waals surface area contributed by atoms with Crippen LogP contribution in [-0.4, -0.2) is 74.9 Å². The van der Waals surface area contributed by atoms with Gasteiger partial charge in [-0.2, -0.15) is 0 Å². The second-order valence-electron chi connectivity index (χ2n) is 4.98. The molecule has 104 valence electrons. The molecule has 1 amide bonds. The van der Waals surface area contributed by atoms with Crippen LogP contribution in [0.15, 0.2) is 0 Å². The maximum absolute atomic E-state index is 12.5. The first kappa shape index (κ1) is 13.8. The lowest BCUT2D eigenvalue weighted by Gasteiger charge is -2.38. The summed E-state index contributed by atoms with van der Waals surface area (Å²) in [5.41, 5.74) is 0. The van der Waals surface area contributed by atoms with Crippen molar-refractivity contribution in [2.24, 2.45) is 0 Å². The van der Waals surface area contributed by atoms with E-state index in [1.165, 1.54) is 6.42 Å². The molecule has 0 bridgehead atoms. The number of methoxy groups -OCH3 is 1. The average Bonchev–Trinajstić information content (AvgIpc) is 2.45. The summed E-state index contributed by atoms with van der Waals surface area (Å²) in [6.45, 7) is 5.42. The van der Waals surface area contributed by atoms with Crippen molar-refractivity contribution in [3.05, 3.63) is 0 Å². The van der Waals surface area contributed by atoms with Gasteiger partial charge in [0.2, 0.25) is 5.91 Å². The number of rotatable bonds is 4. The highest BCUT2D eigenvalue weighted by atomic mass is 16.5. The zero-order chi connectivity index (χ0) is 12.8. The second-order valence-corrected chi connectivity index (χ2v) is 4.98. The van der Waals surface area contributed by atoms with Gasteiger partial charge >= 0.3 is 0 Å². The molecule has 0 aromatic rings. The standard InChI is InChI=1S/C13H24N2O3/c1-17-9-6-14-5-3-2-4-12(14)13(16)15-7-10-18-11-8-15/h12H,2-11H2,1H3/t12-/m0/s1. The van der Waals surface area contributed by atoms with Crippen LogP contribution >= 0.6 is 0 Å². The third kappa shape index (κ3) is 3.43. The quantitative estimate of drug-likeness (QED) is 0.728. The lowest BCUT2D eigenvalue weighted by Crippen LogP contribution is -2.54. The van der Waals surface area contributed by atoms with Crippen molar-refractivity contribution >= 4 is 5.91 Å². The Kier molecular flexibility index (Phi) is 5.41. The summed E-state index contributed by atoms with van der Waals surface area (Å²) in [4.78, 5) is 16.8. The van der Waals surface area contributed by atoms with Crippen molar-refractivity contribution in [2.75, 3.05) is 53.1 Å². The van der Waals surface area contributed by atoms with Crippen LogP contribution in [0.25, 0.3) is 0 Å². The maximum Gasteiger partial charge on any atom is 0.240 e. The number of ether oxygens (including phenoxy) is 2. The molecule has 0 radical (unpaired) electrons. The maximum atomic E-state index is 12.5. The van der Waals surface area contributed by atoms with Crippen molar-refractivity contribution < 1.29 is 14.3 Å². The molecule has 0 aliphatic carbocycles. The van der Waals surface area contributed by atoms with E-state index in [2.05, 4.69) is 4.90 Å². The summed E-state index contributed by atoms with van der Waals surface area (Å²) in [5, 5.41) is 0. The fraction of sp³-hybridized carbons (Fsp3) is 0.923. The van der Waals surface area contributed by atoms with Gasteiger partial charge in [-0.25, -0.2) is 0 Å². The summed E-state index contributed by atoms with van der Waals surface area (Å²) in [5.74, 6) is 0.286. The van der Waals surface area contributed by atoms with E-state index >= 15 is 0 Å². The lowest BCUT2D eigenvalue weighted by molar-refractivity contribution is -0.142. The van der Waals surface area contributed by atoms with Crippen LogP contribution < -0.4 is 0 Å². The Morgan fingerprint density at radius 1 is 1.28 bits per heavy atom. The van der Waals surface area contributed by atoms with E-state index in [0.29, 0.717) is 19.8 Å². The smallest absolute Gasteiger partial charge is 0.240 e. The minimum absolute atomic E-state index is 0.0620. The number of amides is 1. The van der Waals surface area contributed by atoms with E-state index in [1.807, 2.05) is 4.90 Å². The topological polar surface area (TPSA) is 42.0 Å². The van der Waals surface area contributed by atoms with E-state index in [4.69, 9.17) is 9.47 Å². The molecule has 2 rings (SSSR count). The van der Waals surface area contributed by atoms with Gasteiger partial charge in [0, 0.05) is 26.7 Å². The Hall–Kier alpha value is -0.650. The molecule has 2 saturated heterocycles. The first-order valence-corrected chi connectivity index (χ1v) is 6.92. The Morgan fingerprint density at radius 3 is 2.78 bits per heavy atom. The minimum atomic E-state index is 0.0620. The minimum Gasteiger partial charge on any atom is -0.383 e. The molecular formula is C13H24N2O3. The predicted molar refractivity (Wildman–Crippen MR) is 68.5 cm³/mol. The zero-order valence-electron chi connectivity index (χ0n) is 11.3. The fourth-order valence-electron chi connectivity index (χ4n) is 2.74. The summed E-state index contributed by atoms with van der Waals surface area (Å²) in [7, 11) is 1.71. The molecule has 5 heteroatoms. The van der Waals surface area contributed by atoms with E-state index in [1.54, 1.807) is 7.11 Å². The van der Waals surface area contributed by atoms with Gasteiger partial charge in [-0.3, -0.25) is 9.69 Å². The Bertz CT molecular complexity index is 267. The van der Waals surface area contributed by atoms with E-state index in [0.717, 1.165) is 39.0 Å². The third-order valence-electron chi connectivity index (χ3n) is 3.80. The number of hydrogen-bond donors (Lipinski definition) is 0. The molecule has 2 fully saturated rings. The number of likely N-dealkylation sites (tertiary alicyclic amines) is 1. The Labute approximate surface area is 109 Å². The van der Waals surface area contributed by atoms with Gasteiger partial charge in [0.15, 0.2) is 0 Å². The first-order valence-electron chi connectivity index (χ1n) is 6.92. The molecule has 0 saturated carbocycles. The van der Waals surface area contributed by atoms with Gasteiger partial charge in [0.25, 0.3) is 0 Å². The van der Waals surface area contributed by atoms with Gasteiger partial charge in [-0.15, -0.1) is 0 Å². The van der Waals surface area contributed by atoms with Gasteiger partial charge in [0.1, 0.15) is 0 Å². The molecule has 0 N–H and O–H groups in total. The monoisotopic (exact) mass is 256 g/mol. The third-order valence-corrected chi connectivity index (χ3v) is 3.80. The molecule has 0 aromatic heterocycles. The summed E-state index contributed by atoms with van der Waals surface area (Å²) in [6, 6.07) is 0.0620. The molecule has 2 aliphatic rings. The number of hydrogen-bond acceptors (Lipinski definition) is 4. The van der Waals surface area contributed by atoms with Crippen molar-refractivity contribution in [1.29, 1.82) is 0 Å². The molecular weight excluding hydrogens is 232 g/mol. The van der Waals surface area contributed by atoms with Crippen LogP contribution in [0.1, 0.15) is 19.3 Å². The van der Waals surface area contributed by atoms with E-state index < -0.39 is 0 Å². The molecule has 5 nitrogen and oxygen atoms in total. The largest absolute Gasteiger partial charge is 0.383 e. The predicted octanol–water partition coefficient (Wildman–Crippen LogP) is 0.346. The van der Waals surface area contributed by atoms with Crippen LogP contribution in [0.5, 0.6) is 0 Å². The van der Waals surface area contributed by atoms with E-state index in [9.17, 15) is 4.79 Å². The van der Waals surface area contributed by atoms with Crippen LogP contribution in [0, 0.1) is 0 Å². The number of carbonyl (C=O) groups excluding carboxylic acids is 1. The van der Waals surface area contributed by atoms with Crippen LogP contribution in [0.3, 0.4) is 0 Å². The normalized spacial score (nSPS) is 26.3. The first-order chi connectivity index (χ1) is 8.83. The number of nitrogens with zero attached hydrogens (tertiary/aromatic N) is 2. The Morgan fingerprint density at radius 2 is 2.06 bits per heavy atom. The van der Waals surface area contributed by atoms with Gasteiger partial charge in [0.05, 0.1) is 25.9 Å². The van der Waals surface area contributed by atoms with Crippen molar-refractivity contribution in [1.82, 2.24) is 9.80 Å². The summed E-state index contributed by atoms with van der Waals surface area (Å²) < 4.78 is 10.4. The van der Waals surface area contributed by atoms with E-state index in [-0.39, 0.29) is 11.9 Å². The number of piperidine rings is 1. The highest BCUT2D eigenvalue weighted by molar-refractivity contribution is 5.82. The fourth-order valence-corrected chi connectivity index (χ4v) is 2.74. The van der Waals surface area contributed by atoms with Crippen molar-refractivity contribution in [3.63, 3.8) is 0 Å². The number of carbonyl (C=O) groups is 1. The van der Waals surface area contributed by atoms with Crippen molar-refractivity contribution in [2.45, 2.75) is 25.3 Å². The van der Waals surface area contributed by atoms with Gasteiger partial charge in [-0.05, 0) is 19.4 Å². The summed E-state index contributed by atoms with van der Waals surface area (Å²) in [6.07, 6.45) is 3.33. The highest BCUT2D eigenvalue weighted by Crippen LogP contribution is 2.19. The summed E-state index contributed by atoms with van der Waals surface area (Å²) >= 11 is 0. The molecule has 1 atom stereocenters. The Balaban J connectivity index is 1.91. The van der Waals surface area contributed by atoms with Crippen LogP contribution in [0.4, 0.5) is 0 Å². The van der Waals surface area contributed by atoms with Gasteiger partial charge in [-0.1, -0.05) is 6.42 Å². The second kappa shape index (κ2) is 7.07. The molecule has 0 aromatic carbocycles. The molecule has 18 heavy (non-hydrogen) atoms. The van der Waals surface area contributed by atoms with Crippen LogP contribution in [-0.2, 0) is 14.3 Å². The number of morpholine rings is 1. The molecule has 0 unspecified atom stereocenters. The van der Waals surface area contributed by atoms with Crippen LogP contribution in [0.2, 0.25) is 0 Å². The molecule has 2 heterocycles. The highest BCUT2D eigenvalue weighted by Gasteiger charge is 2.32. The lowest BCUT2D eigenvalue weighted by atomic mass is 10.0. The zero-order valence-corrected chi connectivity index (χ0v) is 11.3.